The van der Waals surface area contributed by atoms with Gasteiger partial charge in [0.2, 0.25) is 0 Å². The largest absolute Gasteiger partial charge is 0.389 e. The summed E-state index contributed by atoms with van der Waals surface area (Å²) in [6.07, 6.45) is -0.385. The normalized spacial score (nSPS) is 15.8. The van der Waals surface area contributed by atoms with E-state index < -0.39 is 0 Å². The average molecular weight is 232 g/mol. The minimum Gasteiger partial charge on any atom is -0.389 e. The zero-order valence-corrected chi connectivity index (χ0v) is 11.4. The second-order valence-electron chi connectivity index (χ2n) is 4.51. The minimum atomic E-state index is -0.385. The third kappa shape index (κ3) is 7.17. The van der Waals surface area contributed by atoms with E-state index in [1.165, 1.54) is 0 Å². The summed E-state index contributed by atoms with van der Waals surface area (Å²) in [6, 6.07) is 0.455. The Balaban J connectivity index is 3.97. The van der Waals surface area contributed by atoms with E-state index in [0.29, 0.717) is 25.8 Å². The van der Waals surface area contributed by atoms with Crippen molar-refractivity contribution in [2.24, 2.45) is 0 Å². The van der Waals surface area contributed by atoms with Crippen LogP contribution in [0.25, 0.3) is 0 Å². The number of hydrogen-bond acceptors (Lipinski definition) is 4. The predicted molar refractivity (Wildman–Crippen MR) is 67.8 cm³/mol. The molecule has 4 heteroatoms. The van der Waals surface area contributed by atoms with Crippen LogP contribution < -0.4 is 0 Å². The Labute approximate surface area is 100 Å². The highest BCUT2D eigenvalue weighted by Crippen LogP contribution is 2.02. The molecule has 0 fully saturated rings. The molecule has 0 saturated carbocycles. The highest BCUT2D eigenvalue weighted by molar-refractivity contribution is 4.71. The zero-order valence-electron chi connectivity index (χ0n) is 11.4. The lowest BCUT2D eigenvalue weighted by Gasteiger charge is -2.31. The lowest BCUT2D eigenvalue weighted by Crippen LogP contribution is -2.44. The molecule has 98 valence electrons. The minimum absolute atomic E-state index is 0.385. The molecular weight excluding hydrogens is 204 g/mol. The summed E-state index contributed by atoms with van der Waals surface area (Å²) in [6.45, 7) is 10.0. The molecule has 1 N–H and O–H groups in total. The molecule has 0 aromatic heterocycles. The van der Waals surface area contributed by atoms with Crippen molar-refractivity contribution in [2.45, 2.75) is 32.9 Å². The van der Waals surface area contributed by atoms with Crippen molar-refractivity contribution in [3.05, 3.63) is 0 Å². The second kappa shape index (κ2) is 8.93. The summed E-state index contributed by atoms with van der Waals surface area (Å²) in [5.41, 5.74) is 0. The highest BCUT2D eigenvalue weighted by Gasteiger charge is 2.16. The van der Waals surface area contributed by atoms with E-state index in [0.717, 1.165) is 13.1 Å². The van der Waals surface area contributed by atoms with Crippen molar-refractivity contribution in [1.82, 2.24) is 9.80 Å². The molecule has 0 saturated heterocycles. The summed E-state index contributed by atoms with van der Waals surface area (Å²) in [4.78, 5) is 4.45. The molecule has 2 unspecified atom stereocenters. The third-order valence-corrected chi connectivity index (χ3v) is 2.62. The van der Waals surface area contributed by atoms with E-state index >= 15 is 0 Å². The first kappa shape index (κ1) is 15.8. The number of rotatable bonds is 9. The van der Waals surface area contributed by atoms with Crippen LogP contribution in [0.1, 0.15) is 20.8 Å². The quantitative estimate of drug-likeness (QED) is 0.633. The second-order valence-corrected chi connectivity index (χ2v) is 4.51. The molecule has 0 aromatic rings. The van der Waals surface area contributed by atoms with Gasteiger partial charge < -0.3 is 14.7 Å². The van der Waals surface area contributed by atoms with Crippen LogP contribution in [0.15, 0.2) is 0 Å². The van der Waals surface area contributed by atoms with Crippen LogP contribution in [0.4, 0.5) is 0 Å². The standard InChI is InChI=1S/C12H28N2O2/c1-6-14(11(3)8-13(4)5)9-12(15)10-16-7-2/h11-12,15H,6-10H2,1-5H3. The smallest absolute Gasteiger partial charge is 0.0900 e. The van der Waals surface area contributed by atoms with Crippen LogP contribution in [-0.4, -0.2) is 74.0 Å². The van der Waals surface area contributed by atoms with Crippen molar-refractivity contribution in [2.75, 3.05) is 46.9 Å². The molecule has 0 aromatic carbocycles. The summed E-state index contributed by atoms with van der Waals surface area (Å²) in [7, 11) is 4.14. The van der Waals surface area contributed by atoms with Crippen LogP contribution >= 0.6 is 0 Å². The van der Waals surface area contributed by atoms with Gasteiger partial charge in [-0.25, -0.2) is 0 Å². The number of likely N-dealkylation sites (N-methyl/N-ethyl adjacent to an activating group) is 2. The first-order valence-corrected chi connectivity index (χ1v) is 6.15. The van der Waals surface area contributed by atoms with Crippen LogP contribution in [0.5, 0.6) is 0 Å². The van der Waals surface area contributed by atoms with Gasteiger partial charge in [-0.2, -0.15) is 0 Å². The van der Waals surface area contributed by atoms with Gasteiger partial charge in [-0.15, -0.1) is 0 Å². The Morgan fingerprint density at radius 2 is 1.81 bits per heavy atom. The van der Waals surface area contributed by atoms with Crippen molar-refractivity contribution >= 4 is 0 Å². The maximum absolute atomic E-state index is 9.78. The lowest BCUT2D eigenvalue weighted by atomic mass is 10.2. The average Bonchev–Trinajstić information content (AvgIpc) is 2.21. The molecule has 0 radical (unpaired) electrons. The first-order valence-electron chi connectivity index (χ1n) is 6.15. The molecule has 0 aliphatic rings. The van der Waals surface area contributed by atoms with E-state index in [1.807, 2.05) is 6.92 Å². The summed E-state index contributed by atoms with van der Waals surface area (Å²) < 4.78 is 5.21. The van der Waals surface area contributed by atoms with Crippen LogP contribution in [0, 0.1) is 0 Å². The predicted octanol–water partition coefficient (Wildman–Crippen LogP) is 0.656. The van der Waals surface area contributed by atoms with Crippen LogP contribution in [0.2, 0.25) is 0 Å². The summed E-state index contributed by atoms with van der Waals surface area (Å²) in [5, 5.41) is 9.78. The van der Waals surface area contributed by atoms with Gasteiger partial charge in [0, 0.05) is 25.7 Å². The summed E-state index contributed by atoms with van der Waals surface area (Å²) in [5.74, 6) is 0. The number of ether oxygens (including phenoxy) is 1. The van der Waals surface area contributed by atoms with Gasteiger partial charge in [-0.05, 0) is 34.5 Å². The fourth-order valence-electron chi connectivity index (χ4n) is 1.84. The van der Waals surface area contributed by atoms with E-state index in [-0.39, 0.29) is 6.10 Å². The number of aliphatic hydroxyl groups is 1. The lowest BCUT2D eigenvalue weighted by molar-refractivity contribution is 0.0128. The molecule has 0 bridgehead atoms. The van der Waals surface area contributed by atoms with Gasteiger partial charge >= 0.3 is 0 Å². The number of nitrogens with zero attached hydrogens (tertiary/aromatic N) is 2. The van der Waals surface area contributed by atoms with E-state index in [2.05, 4.69) is 37.7 Å². The van der Waals surface area contributed by atoms with E-state index in [4.69, 9.17) is 4.74 Å². The van der Waals surface area contributed by atoms with Crippen molar-refractivity contribution in [3.8, 4) is 0 Å². The Morgan fingerprint density at radius 3 is 2.25 bits per heavy atom. The molecule has 0 spiro atoms. The molecule has 2 atom stereocenters. The fraction of sp³-hybridized carbons (Fsp3) is 1.00. The SMILES string of the molecule is CCOCC(O)CN(CC)C(C)CN(C)C. The van der Waals surface area contributed by atoms with Crippen molar-refractivity contribution < 1.29 is 9.84 Å². The molecule has 0 rings (SSSR count). The van der Waals surface area contributed by atoms with E-state index in [9.17, 15) is 5.11 Å². The summed E-state index contributed by atoms with van der Waals surface area (Å²) >= 11 is 0. The van der Waals surface area contributed by atoms with Gasteiger partial charge in [0.25, 0.3) is 0 Å². The van der Waals surface area contributed by atoms with Gasteiger partial charge in [-0.3, -0.25) is 4.90 Å². The molecule has 0 amide bonds. The highest BCUT2D eigenvalue weighted by atomic mass is 16.5. The molecule has 0 aliphatic carbocycles. The maximum Gasteiger partial charge on any atom is 0.0900 e. The monoisotopic (exact) mass is 232 g/mol. The maximum atomic E-state index is 9.78. The molecule has 0 heterocycles. The Hall–Kier alpha value is -0.160. The van der Waals surface area contributed by atoms with Crippen LogP contribution in [-0.2, 0) is 4.74 Å². The topological polar surface area (TPSA) is 35.9 Å². The van der Waals surface area contributed by atoms with E-state index in [1.54, 1.807) is 0 Å². The van der Waals surface area contributed by atoms with Crippen molar-refractivity contribution in [3.63, 3.8) is 0 Å². The third-order valence-electron chi connectivity index (χ3n) is 2.62. The van der Waals surface area contributed by atoms with Gasteiger partial charge in [0.15, 0.2) is 0 Å². The first-order chi connectivity index (χ1) is 7.51. The van der Waals surface area contributed by atoms with Crippen molar-refractivity contribution in [1.29, 1.82) is 0 Å². The Morgan fingerprint density at radius 1 is 1.19 bits per heavy atom. The Kier molecular flexibility index (Phi) is 8.84. The zero-order chi connectivity index (χ0) is 12.6. The number of hydrogen-bond donors (Lipinski definition) is 1. The van der Waals surface area contributed by atoms with Gasteiger partial charge in [-0.1, -0.05) is 6.92 Å². The molecule has 16 heavy (non-hydrogen) atoms. The fourth-order valence-corrected chi connectivity index (χ4v) is 1.84. The van der Waals surface area contributed by atoms with Gasteiger partial charge in [0.05, 0.1) is 12.7 Å². The molecule has 0 aliphatic heterocycles. The molecular formula is C12H28N2O2. The Bertz CT molecular complexity index is 165. The number of aliphatic hydroxyl groups excluding tert-OH is 1. The molecule has 4 nitrogen and oxygen atoms in total. The van der Waals surface area contributed by atoms with Gasteiger partial charge in [0.1, 0.15) is 0 Å². The van der Waals surface area contributed by atoms with Crippen LogP contribution in [0.3, 0.4) is 0 Å².